The van der Waals surface area contributed by atoms with E-state index >= 15 is 0 Å². The van der Waals surface area contributed by atoms with E-state index in [9.17, 15) is 14.4 Å². The molecule has 1 aromatic carbocycles. The summed E-state index contributed by atoms with van der Waals surface area (Å²) in [7, 11) is 0. The van der Waals surface area contributed by atoms with Crippen LogP contribution < -0.4 is 15.4 Å². The van der Waals surface area contributed by atoms with Gasteiger partial charge < -0.3 is 14.8 Å². The maximum Gasteiger partial charge on any atom is 0.331 e. The summed E-state index contributed by atoms with van der Waals surface area (Å²) in [4.78, 5) is 39.8. The first-order valence-electron chi connectivity index (χ1n) is 9.77. The van der Waals surface area contributed by atoms with Gasteiger partial charge in [0, 0.05) is 17.8 Å². The molecule has 0 saturated heterocycles. The summed E-state index contributed by atoms with van der Waals surface area (Å²) in [6, 6.07) is 12.1. The van der Waals surface area contributed by atoms with E-state index in [2.05, 4.69) is 15.6 Å². The minimum Gasteiger partial charge on any atom is -0.487 e. The van der Waals surface area contributed by atoms with Crippen LogP contribution in [0.25, 0.3) is 6.08 Å². The number of urea groups is 1. The molecule has 0 aliphatic carbocycles. The molecule has 0 aliphatic rings. The second-order valence-electron chi connectivity index (χ2n) is 7.78. The second-order valence-corrected chi connectivity index (χ2v) is 7.78. The Hall–Kier alpha value is -3.68. The van der Waals surface area contributed by atoms with E-state index in [1.807, 2.05) is 18.2 Å². The maximum absolute atomic E-state index is 12.0. The van der Waals surface area contributed by atoms with Crippen LogP contribution in [0.15, 0.2) is 54.7 Å². The van der Waals surface area contributed by atoms with Crippen molar-refractivity contribution < 1.29 is 23.9 Å². The molecule has 164 valence electrons. The topological polar surface area (TPSA) is 107 Å². The van der Waals surface area contributed by atoms with Crippen LogP contribution in [0.3, 0.4) is 0 Å². The van der Waals surface area contributed by atoms with Gasteiger partial charge >= 0.3 is 12.0 Å². The fourth-order valence-corrected chi connectivity index (χ4v) is 2.33. The highest BCUT2D eigenvalue weighted by molar-refractivity contribution is 5.98. The van der Waals surface area contributed by atoms with Crippen molar-refractivity contribution in [2.45, 2.75) is 45.9 Å². The summed E-state index contributed by atoms with van der Waals surface area (Å²) in [5.41, 5.74) is 1.08. The number of carbonyl (C=O) groups is 3. The van der Waals surface area contributed by atoms with Gasteiger partial charge in [-0.15, -0.1) is 0 Å². The fourth-order valence-electron chi connectivity index (χ4n) is 2.33. The third kappa shape index (κ3) is 9.12. The highest BCUT2D eigenvalue weighted by Crippen LogP contribution is 2.14. The van der Waals surface area contributed by atoms with Crippen molar-refractivity contribution in [2.24, 2.45) is 0 Å². The number of hydrogen-bond acceptors (Lipinski definition) is 6. The number of aromatic nitrogens is 1. The van der Waals surface area contributed by atoms with Crippen LogP contribution in [-0.4, -0.2) is 34.5 Å². The Morgan fingerprint density at radius 1 is 1.10 bits per heavy atom. The zero-order valence-electron chi connectivity index (χ0n) is 18.0. The summed E-state index contributed by atoms with van der Waals surface area (Å²) in [5, 5.41) is 4.73. The summed E-state index contributed by atoms with van der Waals surface area (Å²) in [6.45, 7) is 7.09. The standard InChI is InChI=1S/C23H27N3O5/c1-16(21(28)25-22(29)26-23(2,3)4)31-20(27)13-10-17-8-11-19(12-9-17)30-15-18-7-5-6-14-24-18/h5-14,16H,15H2,1-4H3,(H2,25,26,28,29). The van der Waals surface area contributed by atoms with Gasteiger partial charge in [-0.2, -0.15) is 0 Å². The Morgan fingerprint density at radius 2 is 1.81 bits per heavy atom. The summed E-state index contributed by atoms with van der Waals surface area (Å²) in [5.74, 6) is -0.739. The Labute approximate surface area is 181 Å². The Bertz CT molecular complexity index is 918. The Morgan fingerprint density at radius 3 is 2.42 bits per heavy atom. The zero-order valence-corrected chi connectivity index (χ0v) is 18.0. The third-order valence-corrected chi connectivity index (χ3v) is 3.79. The molecule has 3 amide bonds. The number of benzene rings is 1. The van der Waals surface area contributed by atoms with E-state index in [0.29, 0.717) is 12.4 Å². The van der Waals surface area contributed by atoms with Crippen molar-refractivity contribution in [3.05, 3.63) is 66.0 Å². The number of ether oxygens (including phenoxy) is 2. The van der Waals surface area contributed by atoms with Gasteiger partial charge in [0.05, 0.1) is 5.69 Å². The minimum atomic E-state index is -1.12. The van der Waals surface area contributed by atoms with Gasteiger partial charge in [0.25, 0.3) is 5.91 Å². The number of amides is 3. The molecule has 1 heterocycles. The van der Waals surface area contributed by atoms with Gasteiger partial charge in [-0.05, 0) is 63.6 Å². The molecule has 0 bridgehead atoms. The van der Waals surface area contributed by atoms with Gasteiger partial charge in [0.15, 0.2) is 6.10 Å². The average molecular weight is 425 g/mol. The normalized spacial score (nSPS) is 12.1. The first-order valence-corrected chi connectivity index (χ1v) is 9.77. The molecule has 0 spiro atoms. The number of nitrogens with one attached hydrogen (secondary N) is 2. The first-order chi connectivity index (χ1) is 14.6. The van der Waals surface area contributed by atoms with Crippen molar-refractivity contribution in [1.82, 2.24) is 15.6 Å². The molecule has 8 nitrogen and oxygen atoms in total. The average Bonchev–Trinajstić information content (AvgIpc) is 2.70. The highest BCUT2D eigenvalue weighted by Gasteiger charge is 2.21. The maximum atomic E-state index is 12.0. The van der Waals surface area contributed by atoms with E-state index < -0.39 is 29.6 Å². The summed E-state index contributed by atoms with van der Waals surface area (Å²) in [6.07, 6.45) is 3.35. The highest BCUT2D eigenvalue weighted by atomic mass is 16.5. The predicted molar refractivity (Wildman–Crippen MR) is 116 cm³/mol. The van der Waals surface area contributed by atoms with E-state index in [1.54, 1.807) is 57.3 Å². The van der Waals surface area contributed by atoms with E-state index in [-0.39, 0.29) is 0 Å². The van der Waals surface area contributed by atoms with Crippen LogP contribution in [0.4, 0.5) is 4.79 Å². The van der Waals surface area contributed by atoms with Crippen LogP contribution in [0.5, 0.6) is 5.75 Å². The number of pyridine rings is 1. The van der Waals surface area contributed by atoms with Crippen molar-refractivity contribution in [3.63, 3.8) is 0 Å². The number of imide groups is 1. The lowest BCUT2D eigenvalue weighted by Gasteiger charge is -2.21. The predicted octanol–water partition coefficient (Wildman–Crippen LogP) is 3.23. The van der Waals surface area contributed by atoms with E-state index in [0.717, 1.165) is 11.3 Å². The van der Waals surface area contributed by atoms with Gasteiger partial charge in [-0.25, -0.2) is 9.59 Å². The fraction of sp³-hybridized carbons (Fsp3) is 0.304. The molecule has 8 heteroatoms. The monoisotopic (exact) mass is 425 g/mol. The molecule has 0 aliphatic heterocycles. The van der Waals surface area contributed by atoms with Crippen LogP contribution >= 0.6 is 0 Å². The molecular weight excluding hydrogens is 398 g/mol. The van der Waals surface area contributed by atoms with Gasteiger partial charge in [0.1, 0.15) is 12.4 Å². The van der Waals surface area contributed by atoms with Gasteiger partial charge in [-0.1, -0.05) is 18.2 Å². The molecule has 2 N–H and O–H groups in total. The van der Waals surface area contributed by atoms with Crippen molar-refractivity contribution >= 4 is 24.0 Å². The smallest absolute Gasteiger partial charge is 0.331 e. The number of rotatable bonds is 7. The third-order valence-electron chi connectivity index (χ3n) is 3.79. The number of hydrogen-bond donors (Lipinski definition) is 2. The number of nitrogens with zero attached hydrogens (tertiary/aromatic N) is 1. The van der Waals surface area contributed by atoms with Gasteiger partial charge in [-0.3, -0.25) is 15.1 Å². The van der Waals surface area contributed by atoms with Crippen LogP contribution in [0.1, 0.15) is 39.0 Å². The summed E-state index contributed by atoms with van der Waals surface area (Å²) >= 11 is 0. The molecule has 2 rings (SSSR count). The molecule has 1 aromatic heterocycles. The zero-order chi connectivity index (χ0) is 22.9. The Kier molecular flexibility index (Phi) is 8.31. The van der Waals surface area contributed by atoms with Crippen LogP contribution in [0, 0.1) is 0 Å². The molecule has 2 aromatic rings. The number of carbonyl (C=O) groups excluding carboxylic acids is 3. The summed E-state index contributed by atoms with van der Waals surface area (Å²) < 4.78 is 10.7. The van der Waals surface area contributed by atoms with Gasteiger partial charge in [0.2, 0.25) is 0 Å². The largest absolute Gasteiger partial charge is 0.487 e. The Balaban J connectivity index is 1.79. The molecule has 0 saturated carbocycles. The molecule has 1 atom stereocenters. The molecule has 0 fully saturated rings. The molecule has 0 radical (unpaired) electrons. The van der Waals surface area contributed by atoms with Crippen LogP contribution in [0.2, 0.25) is 0 Å². The van der Waals surface area contributed by atoms with Crippen molar-refractivity contribution in [2.75, 3.05) is 0 Å². The first kappa shape index (κ1) is 23.6. The number of esters is 1. The lowest BCUT2D eigenvalue weighted by molar-refractivity contribution is -0.149. The lowest BCUT2D eigenvalue weighted by atomic mass is 10.1. The lowest BCUT2D eigenvalue weighted by Crippen LogP contribution is -2.50. The van der Waals surface area contributed by atoms with Crippen molar-refractivity contribution in [3.8, 4) is 5.75 Å². The van der Waals surface area contributed by atoms with Crippen LogP contribution in [-0.2, 0) is 20.9 Å². The quantitative estimate of drug-likeness (QED) is 0.521. The SMILES string of the molecule is CC(OC(=O)C=Cc1ccc(OCc2ccccn2)cc1)C(=O)NC(=O)NC(C)(C)C. The minimum absolute atomic E-state index is 0.357. The van der Waals surface area contributed by atoms with E-state index in [1.165, 1.54) is 13.0 Å². The molecular formula is C23H27N3O5. The van der Waals surface area contributed by atoms with E-state index in [4.69, 9.17) is 9.47 Å². The second kappa shape index (κ2) is 10.9. The van der Waals surface area contributed by atoms with Crippen molar-refractivity contribution in [1.29, 1.82) is 0 Å². The molecule has 31 heavy (non-hydrogen) atoms. The molecule has 1 unspecified atom stereocenters.